The number of thiol groups is 1. The highest BCUT2D eigenvalue weighted by molar-refractivity contribution is 7.82. The van der Waals surface area contributed by atoms with Gasteiger partial charge in [-0.1, -0.05) is 0 Å². The Morgan fingerprint density at radius 1 is 1.55 bits per heavy atom. The molecule has 0 spiro atoms. The van der Waals surface area contributed by atoms with Crippen molar-refractivity contribution in [2.24, 2.45) is 0 Å². The van der Waals surface area contributed by atoms with Crippen molar-refractivity contribution >= 4 is 12.6 Å². The van der Waals surface area contributed by atoms with Crippen LogP contribution in [0.1, 0.15) is 6.42 Å². The van der Waals surface area contributed by atoms with E-state index >= 15 is 0 Å². The van der Waals surface area contributed by atoms with E-state index in [0.717, 1.165) is 0 Å². The predicted molar refractivity (Wildman–Crippen MR) is 41.4 cm³/mol. The SMILES string of the molecule is OC[C@@H](O)[C@]1(S)C[C@@H](O)[C@H]1O. The second-order valence-corrected chi connectivity index (χ2v) is 3.74. The van der Waals surface area contributed by atoms with E-state index in [1.165, 1.54) is 0 Å². The summed E-state index contributed by atoms with van der Waals surface area (Å²) in [4.78, 5) is 0. The van der Waals surface area contributed by atoms with Gasteiger partial charge in [0.25, 0.3) is 0 Å². The maximum absolute atomic E-state index is 9.14. The summed E-state index contributed by atoms with van der Waals surface area (Å²) >= 11 is 3.98. The summed E-state index contributed by atoms with van der Waals surface area (Å²) in [5.41, 5.74) is 0. The number of rotatable bonds is 2. The number of hydrogen-bond acceptors (Lipinski definition) is 5. The zero-order valence-corrected chi connectivity index (χ0v) is 6.78. The van der Waals surface area contributed by atoms with Crippen molar-refractivity contribution in [2.75, 3.05) is 6.61 Å². The highest BCUT2D eigenvalue weighted by Crippen LogP contribution is 2.41. The smallest absolute Gasteiger partial charge is 0.0970 e. The van der Waals surface area contributed by atoms with Crippen molar-refractivity contribution in [3.8, 4) is 0 Å². The molecule has 5 heteroatoms. The van der Waals surface area contributed by atoms with E-state index in [1.54, 1.807) is 0 Å². The van der Waals surface area contributed by atoms with Crippen molar-refractivity contribution in [2.45, 2.75) is 29.5 Å². The molecule has 11 heavy (non-hydrogen) atoms. The molecule has 0 heterocycles. The highest BCUT2D eigenvalue weighted by atomic mass is 32.1. The van der Waals surface area contributed by atoms with Crippen LogP contribution in [-0.4, -0.2) is 50.1 Å². The lowest BCUT2D eigenvalue weighted by Gasteiger charge is -2.49. The Bertz CT molecular complexity index is 148. The summed E-state index contributed by atoms with van der Waals surface area (Å²) in [6.45, 7) is -0.451. The first-order chi connectivity index (χ1) is 5.02. The quantitative estimate of drug-likeness (QED) is 0.323. The molecule has 1 aliphatic rings. The Kier molecular flexibility index (Phi) is 2.46. The van der Waals surface area contributed by atoms with Crippen LogP contribution in [0.25, 0.3) is 0 Å². The van der Waals surface area contributed by atoms with Crippen molar-refractivity contribution < 1.29 is 20.4 Å². The van der Waals surface area contributed by atoms with Gasteiger partial charge in [-0.15, -0.1) is 0 Å². The van der Waals surface area contributed by atoms with Crippen molar-refractivity contribution in [1.29, 1.82) is 0 Å². The van der Waals surface area contributed by atoms with Gasteiger partial charge in [0, 0.05) is 0 Å². The summed E-state index contributed by atoms with van der Waals surface area (Å²) in [5, 5.41) is 35.7. The number of hydrogen-bond donors (Lipinski definition) is 5. The van der Waals surface area contributed by atoms with Gasteiger partial charge in [0.15, 0.2) is 0 Å². The van der Waals surface area contributed by atoms with Gasteiger partial charge in [-0.3, -0.25) is 0 Å². The van der Waals surface area contributed by atoms with Crippen LogP contribution in [-0.2, 0) is 0 Å². The van der Waals surface area contributed by atoms with E-state index in [1.807, 2.05) is 0 Å². The molecule has 0 aliphatic heterocycles. The number of aliphatic hydroxyl groups is 4. The monoisotopic (exact) mass is 180 g/mol. The van der Waals surface area contributed by atoms with Crippen molar-refractivity contribution in [1.82, 2.24) is 0 Å². The second-order valence-electron chi connectivity index (χ2n) is 2.91. The molecule has 1 saturated carbocycles. The Labute approximate surface area is 69.9 Å². The van der Waals surface area contributed by atoms with Crippen LogP contribution < -0.4 is 0 Å². The molecule has 4 N–H and O–H groups in total. The molecule has 0 saturated heterocycles. The van der Waals surface area contributed by atoms with Gasteiger partial charge < -0.3 is 20.4 Å². The van der Waals surface area contributed by atoms with E-state index in [-0.39, 0.29) is 6.42 Å². The standard InChI is InChI=1S/C6H12O4S/c7-2-4(9)6(11)1-3(8)5(6)10/h3-5,7-11H,1-2H2/t3-,4-,5-,6-/m1/s1. The average molecular weight is 180 g/mol. The largest absolute Gasteiger partial charge is 0.394 e. The lowest BCUT2D eigenvalue weighted by molar-refractivity contribution is -0.126. The fraction of sp³-hybridized carbons (Fsp3) is 1.00. The molecule has 0 radical (unpaired) electrons. The summed E-state index contributed by atoms with van der Waals surface area (Å²) in [7, 11) is 0. The molecular formula is C6H12O4S. The lowest BCUT2D eigenvalue weighted by atomic mass is 9.74. The number of aliphatic hydroxyl groups excluding tert-OH is 4. The third-order valence-corrected chi connectivity index (χ3v) is 2.91. The van der Waals surface area contributed by atoms with Gasteiger partial charge in [-0.25, -0.2) is 0 Å². The molecule has 0 aromatic rings. The van der Waals surface area contributed by atoms with Crippen LogP contribution >= 0.6 is 12.6 Å². The molecule has 1 aliphatic carbocycles. The molecule has 4 nitrogen and oxygen atoms in total. The molecule has 4 atom stereocenters. The molecule has 0 bridgehead atoms. The first kappa shape index (κ1) is 9.28. The summed E-state index contributed by atoms with van der Waals surface area (Å²) in [6.07, 6.45) is -2.75. The van der Waals surface area contributed by atoms with Crippen LogP contribution in [0.15, 0.2) is 0 Å². The first-order valence-corrected chi connectivity index (χ1v) is 3.84. The van der Waals surface area contributed by atoms with Gasteiger partial charge >= 0.3 is 0 Å². The van der Waals surface area contributed by atoms with Crippen molar-refractivity contribution in [3.05, 3.63) is 0 Å². The fourth-order valence-electron chi connectivity index (χ4n) is 1.23. The van der Waals surface area contributed by atoms with Crippen LogP contribution in [0.5, 0.6) is 0 Å². The Balaban J connectivity index is 2.56. The second kappa shape index (κ2) is 2.91. The lowest BCUT2D eigenvalue weighted by Crippen LogP contribution is -2.65. The molecule has 1 rings (SSSR count). The minimum Gasteiger partial charge on any atom is -0.394 e. The van der Waals surface area contributed by atoms with E-state index in [0.29, 0.717) is 0 Å². The van der Waals surface area contributed by atoms with Crippen LogP contribution in [0.2, 0.25) is 0 Å². The maximum Gasteiger partial charge on any atom is 0.0970 e. The average Bonchev–Trinajstić information content (AvgIpc) is 2.02. The van der Waals surface area contributed by atoms with Gasteiger partial charge in [-0.05, 0) is 6.42 Å². The van der Waals surface area contributed by atoms with Gasteiger partial charge in [-0.2, -0.15) is 12.6 Å². The van der Waals surface area contributed by atoms with Gasteiger partial charge in [0.05, 0.1) is 29.7 Å². The molecule has 66 valence electrons. The van der Waals surface area contributed by atoms with Crippen LogP contribution in [0, 0.1) is 0 Å². The van der Waals surface area contributed by atoms with Crippen LogP contribution in [0.4, 0.5) is 0 Å². The summed E-state index contributed by atoms with van der Waals surface area (Å²) in [6, 6.07) is 0. The topological polar surface area (TPSA) is 80.9 Å². The highest BCUT2D eigenvalue weighted by Gasteiger charge is 2.54. The van der Waals surface area contributed by atoms with E-state index in [2.05, 4.69) is 12.6 Å². The predicted octanol–water partition coefficient (Wildman–Crippen LogP) is -1.87. The molecule has 1 fully saturated rings. The first-order valence-electron chi connectivity index (χ1n) is 3.40. The van der Waals surface area contributed by atoms with Crippen LogP contribution in [0.3, 0.4) is 0 Å². The minimum absolute atomic E-state index is 0.207. The summed E-state index contributed by atoms with van der Waals surface area (Å²) < 4.78 is -1.03. The molecular weight excluding hydrogens is 168 g/mol. The third-order valence-electron chi connectivity index (χ3n) is 2.16. The Morgan fingerprint density at radius 2 is 2.09 bits per heavy atom. The zero-order chi connectivity index (χ0) is 8.65. The Morgan fingerprint density at radius 3 is 2.36 bits per heavy atom. The maximum atomic E-state index is 9.14. The fourth-order valence-corrected chi connectivity index (χ4v) is 1.67. The zero-order valence-electron chi connectivity index (χ0n) is 5.88. The van der Waals surface area contributed by atoms with E-state index in [4.69, 9.17) is 20.4 Å². The molecule has 0 aromatic heterocycles. The summed E-state index contributed by atoms with van der Waals surface area (Å²) in [5.74, 6) is 0. The van der Waals surface area contributed by atoms with E-state index < -0.39 is 29.7 Å². The van der Waals surface area contributed by atoms with Crippen molar-refractivity contribution in [3.63, 3.8) is 0 Å². The molecule has 0 unspecified atom stereocenters. The third kappa shape index (κ3) is 1.27. The molecule has 0 amide bonds. The minimum atomic E-state index is -1.08. The van der Waals surface area contributed by atoms with E-state index in [9.17, 15) is 0 Å². The normalized spacial score (nSPS) is 46.6. The molecule has 0 aromatic carbocycles. The Hall–Kier alpha value is 0.190. The van der Waals surface area contributed by atoms with Gasteiger partial charge in [0.2, 0.25) is 0 Å². The van der Waals surface area contributed by atoms with Gasteiger partial charge in [0.1, 0.15) is 0 Å².